The second kappa shape index (κ2) is 11.3. The Kier molecular flexibility index (Phi) is 7.43. The standard InChI is InChI=1S/C31H24Cl2N4O2S/c32-22-11-6-10-21(28(22)33)25-14-15-26(39-25)30-29(24-12-3-4-17-34-24)36-31(40)37(30)18-16-27(38)35-23-13-5-8-19-7-1-2-9-20(19)23/h1-15,17,29-30H,16,18H2,(H,35,38)(H,36,40)/t29-,30-/m1/s1. The second-order valence-electron chi connectivity index (χ2n) is 9.45. The molecule has 0 radical (unpaired) electrons. The summed E-state index contributed by atoms with van der Waals surface area (Å²) >= 11 is 18.5. The molecule has 1 fully saturated rings. The molecule has 0 bridgehead atoms. The van der Waals surface area contributed by atoms with Crippen LogP contribution >= 0.6 is 35.4 Å². The molecule has 0 saturated carbocycles. The van der Waals surface area contributed by atoms with Crippen LogP contribution in [0.1, 0.15) is 30.0 Å². The van der Waals surface area contributed by atoms with Crippen LogP contribution in [0.15, 0.2) is 102 Å². The van der Waals surface area contributed by atoms with Crippen LogP contribution in [0.4, 0.5) is 5.69 Å². The first-order valence-corrected chi connectivity index (χ1v) is 14.0. The predicted molar refractivity (Wildman–Crippen MR) is 164 cm³/mol. The third-order valence-corrected chi connectivity index (χ3v) is 8.15. The molecule has 200 valence electrons. The Hall–Kier alpha value is -3.91. The molecule has 0 unspecified atom stereocenters. The lowest BCUT2D eigenvalue weighted by molar-refractivity contribution is -0.116. The second-order valence-corrected chi connectivity index (χ2v) is 10.6. The number of anilines is 1. The molecule has 1 aliphatic heterocycles. The van der Waals surface area contributed by atoms with Crippen LogP contribution in [0.25, 0.3) is 22.1 Å². The molecule has 3 aromatic carbocycles. The van der Waals surface area contributed by atoms with Gasteiger partial charge in [0.05, 0.1) is 21.8 Å². The van der Waals surface area contributed by atoms with Crippen LogP contribution in [0.2, 0.25) is 10.0 Å². The van der Waals surface area contributed by atoms with E-state index in [4.69, 9.17) is 39.8 Å². The molecule has 5 aromatic rings. The number of nitrogens with zero attached hydrogens (tertiary/aromatic N) is 2. The van der Waals surface area contributed by atoms with Crippen molar-refractivity contribution in [2.75, 3.05) is 11.9 Å². The first-order valence-electron chi connectivity index (χ1n) is 12.8. The maximum absolute atomic E-state index is 13.1. The number of halogens is 2. The summed E-state index contributed by atoms with van der Waals surface area (Å²) in [4.78, 5) is 19.7. The van der Waals surface area contributed by atoms with Gasteiger partial charge in [0.1, 0.15) is 17.6 Å². The molecule has 0 spiro atoms. The lowest BCUT2D eigenvalue weighted by Gasteiger charge is -2.26. The summed E-state index contributed by atoms with van der Waals surface area (Å²) in [5.74, 6) is 1.15. The first-order chi connectivity index (χ1) is 19.5. The van der Waals surface area contributed by atoms with E-state index < -0.39 is 0 Å². The van der Waals surface area contributed by atoms with E-state index in [0.29, 0.717) is 38.8 Å². The highest BCUT2D eigenvalue weighted by Crippen LogP contribution is 2.42. The Bertz CT molecular complexity index is 1700. The predicted octanol–water partition coefficient (Wildman–Crippen LogP) is 7.80. The molecule has 1 aliphatic rings. The van der Waals surface area contributed by atoms with Crippen molar-refractivity contribution in [2.45, 2.75) is 18.5 Å². The number of hydrogen-bond donors (Lipinski definition) is 2. The number of hydrogen-bond acceptors (Lipinski definition) is 4. The fourth-order valence-electron chi connectivity index (χ4n) is 5.08. The topological polar surface area (TPSA) is 70.4 Å². The fraction of sp³-hybridized carbons (Fsp3) is 0.129. The maximum atomic E-state index is 13.1. The van der Waals surface area contributed by atoms with Crippen molar-refractivity contribution in [1.29, 1.82) is 0 Å². The third-order valence-electron chi connectivity index (χ3n) is 6.98. The van der Waals surface area contributed by atoms with Crippen LogP contribution in [0.5, 0.6) is 0 Å². The number of aromatic nitrogens is 1. The summed E-state index contributed by atoms with van der Waals surface area (Å²) in [6.45, 7) is 0.379. The highest BCUT2D eigenvalue weighted by atomic mass is 35.5. The van der Waals surface area contributed by atoms with E-state index in [9.17, 15) is 4.79 Å². The molecule has 1 saturated heterocycles. The van der Waals surface area contributed by atoms with Crippen molar-refractivity contribution in [2.24, 2.45) is 0 Å². The Labute approximate surface area is 246 Å². The van der Waals surface area contributed by atoms with Gasteiger partial charge in [0, 0.05) is 35.8 Å². The number of fused-ring (bicyclic) bond motifs is 1. The highest BCUT2D eigenvalue weighted by Gasteiger charge is 2.41. The van der Waals surface area contributed by atoms with Gasteiger partial charge in [-0.15, -0.1) is 0 Å². The molecular formula is C31H24Cl2N4O2S. The van der Waals surface area contributed by atoms with E-state index in [1.54, 1.807) is 12.3 Å². The summed E-state index contributed by atoms with van der Waals surface area (Å²) in [5.41, 5.74) is 2.29. The Morgan fingerprint density at radius 2 is 1.77 bits per heavy atom. The monoisotopic (exact) mass is 586 g/mol. The molecule has 0 aliphatic carbocycles. The van der Waals surface area contributed by atoms with E-state index >= 15 is 0 Å². The smallest absolute Gasteiger partial charge is 0.226 e. The molecule has 2 N–H and O–H groups in total. The number of amides is 1. The van der Waals surface area contributed by atoms with E-state index in [1.165, 1.54) is 0 Å². The zero-order valence-corrected chi connectivity index (χ0v) is 23.5. The van der Waals surface area contributed by atoms with Gasteiger partial charge in [0.25, 0.3) is 0 Å². The molecule has 6 rings (SSSR count). The van der Waals surface area contributed by atoms with Crippen molar-refractivity contribution < 1.29 is 9.21 Å². The lowest BCUT2D eigenvalue weighted by atomic mass is 10.0. The minimum absolute atomic E-state index is 0.106. The van der Waals surface area contributed by atoms with Crippen LogP contribution in [0, 0.1) is 0 Å². The third kappa shape index (κ3) is 5.16. The molecule has 6 nitrogen and oxygen atoms in total. The maximum Gasteiger partial charge on any atom is 0.226 e. The quantitative estimate of drug-likeness (QED) is 0.189. The zero-order chi connectivity index (χ0) is 27.6. The number of carbonyl (C=O) groups excluding carboxylic acids is 1. The number of rotatable bonds is 7. The van der Waals surface area contributed by atoms with Crippen molar-refractivity contribution in [3.8, 4) is 11.3 Å². The summed E-state index contributed by atoms with van der Waals surface area (Å²) in [7, 11) is 0. The zero-order valence-electron chi connectivity index (χ0n) is 21.2. The van der Waals surface area contributed by atoms with E-state index in [1.807, 2.05) is 89.8 Å². The van der Waals surface area contributed by atoms with Crippen molar-refractivity contribution in [1.82, 2.24) is 15.2 Å². The SMILES string of the molecule is O=C(CCN1C(=S)N[C@H](c2ccccn2)[C@H]1c1ccc(-c2cccc(Cl)c2Cl)o1)Nc1cccc2ccccc12. The Balaban J connectivity index is 1.27. The number of pyridine rings is 1. The first kappa shape index (κ1) is 26.3. The average molecular weight is 588 g/mol. The molecule has 3 heterocycles. The summed E-state index contributed by atoms with van der Waals surface area (Å²) in [6, 6.07) is 28.2. The number of furan rings is 1. The van der Waals surface area contributed by atoms with Gasteiger partial charge in [-0.3, -0.25) is 9.78 Å². The fourth-order valence-corrected chi connectivity index (χ4v) is 5.80. The summed E-state index contributed by atoms with van der Waals surface area (Å²) in [6.07, 6.45) is 1.97. The minimum atomic E-state index is -0.334. The summed E-state index contributed by atoms with van der Waals surface area (Å²) < 4.78 is 6.36. The van der Waals surface area contributed by atoms with Gasteiger partial charge >= 0.3 is 0 Å². The van der Waals surface area contributed by atoms with Crippen LogP contribution in [0.3, 0.4) is 0 Å². The average Bonchev–Trinajstić information content (AvgIpc) is 3.58. The van der Waals surface area contributed by atoms with E-state index in [0.717, 1.165) is 22.2 Å². The van der Waals surface area contributed by atoms with Gasteiger partial charge in [-0.05, 0) is 60.1 Å². The largest absolute Gasteiger partial charge is 0.459 e. The van der Waals surface area contributed by atoms with Gasteiger partial charge in [-0.1, -0.05) is 71.7 Å². The van der Waals surface area contributed by atoms with Crippen LogP contribution in [-0.2, 0) is 4.79 Å². The molecular weight excluding hydrogens is 563 g/mol. The van der Waals surface area contributed by atoms with Gasteiger partial charge in [0.15, 0.2) is 5.11 Å². The molecule has 40 heavy (non-hydrogen) atoms. The van der Waals surface area contributed by atoms with E-state index in [-0.39, 0.29) is 24.4 Å². The van der Waals surface area contributed by atoms with Gasteiger partial charge < -0.3 is 20.0 Å². The normalized spacial score (nSPS) is 16.8. The van der Waals surface area contributed by atoms with Crippen molar-refractivity contribution in [3.63, 3.8) is 0 Å². The molecule has 2 aromatic heterocycles. The van der Waals surface area contributed by atoms with Crippen LogP contribution < -0.4 is 10.6 Å². The Morgan fingerprint density at radius 1 is 0.975 bits per heavy atom. The van der Waals surface area contributed by atoms with Crippen molar-refractivity contribution in [3.05, 3.63) is 119 Å². The number of nitrogens with one attached hydrogen (secondary N) is 2. The Morgan fingerprint density at radius 3 is 2.62 bits per heavy atom. The van der Waals surface area contributed by atoms with Gasteiger partial charge in [0.2, 0.25) is 5.91 Å². The molecule has 2 atom stereocenters. The molecule has 9 heteroatoms. The number of carbonyl (C=O) groups is 1. The number of thiocarbonyl (C=S) groups is 1. The molecule has 1 amide bonds. The lowest BCUT2D eigenvalue weighted by Crippen LogP contribution is -2.32. The van der Waals surface area contributed by atoms with E-state index in [2.05, 4.69) is 15.6 Å². The van der Waals surface area contributed by atoms with Crippen LogP contribution in [-0.4, -0.2) is 27.4 Å². The van der Waals surface area contributed by atoms with Crippen molar-refractivity contribution >= 4 is 62.9 Å². The highest BCUT2D eigenvalue weighted by molar-refractivity contribution is 7.80. The van der Waals surface area contributed by atoms with Gasteiger partial charge in [-0.2, -0.15) is 0 Å². The minimum Gasteiger partial charge on any atom is -0.459 e. The number of benzene rings is 3. The summed E-state index contributed by atoms with van der Waals surface area (Å²) in [5, 5.41) is 9.92. The van der Waals surface area contributed by atoms with Gasteiger partial charge in [-0.25, -0.2) is 0 Å².